The SMILES string of the molecule is Cc1ccc(CC(NN)C2CCCCS2)c(Cl)c1. The molecule has 0 amide bonds. The molecule has 0 bridgehead atoms. The molecule has 3 N–H and O–H groups in total. The van der Waals surface area contributed by atoms with Gasteiger partial charge >= 0.3 is 0 Å². The molecule has 1 saturated heterocycles. The lowest BCUT2D eigenvalue weighted by molar-refractivity contribution is 0.472. The van der Waals surface area contributed by atoms with Crippen molar-refractivity contribution >= 4 is 23.4 Å². The average Bonchev–Trinajstić information content (AvgIpc) is 2.39. The molecule has 1 fully saturated rings. The van der Waals surface area contributed by atoms with Crippen molar-refractivity contribution in [1.29, 1.82) is 0 Å². The molecule has 4 heteroatoms. The molecule has 2 rings (SSSR count). The highest BCUT2D eigenvalue weighted by Crippen LogP contribution is 2.30. The van der Waals surface area contributed by atoms with Gasteiger partial charge in [-0.1, -0.05) is 30.2 Å². The molecule has 2 nitrogen and oxygen atoms in total. The summed E-state index contributed by atoms with van der Waals surface area (Å²) < 4.78 is 0. The first kappa shape index (κ1) is 14.2. The van der Waals surface area contributed by atoms with Crippen LogP contribution >= 0.6 is 23.4 Å². The number of aryl methyl sites for hydroxylation is 1. The lowest BCUT2D eigenvalue weighted by atomic mass is 9.99. The van der Waals surface area contributed by atoms with E-state index >= 15 is 0 Å². The molecule has 1 aromatic rings. The minimum absolute atomic E-state index is 0.315. The third kappa shape index (κ3) is 3.64. The van der Waals surface area contributed by atoms with Crippen LogP contribution in [0, 0.1) is 6.92 Å². The molecule has 1 aliphatic heterocycles. The van der Waals surface area contributed by atoms with Crippen molar-refractivity contribution in [3.63, 3.8) is 0 Å². The molecule has 2 atom stereocenters. The van der Waals surface area contributed by atoms with Crippen LogP contribution in [0.4, 0.5) is 0 Å². The number of benzene rings is 1. The molecule has 0 saturated carbocycles. The maximum Gasteiger partial charge on any atom is 0.0441 e. The van der Waals surface area contributed by atoms with E-state index in [2.05, 4.69) is 24.5 Å². The van der Waals surface area contributed by atoms with Gasteiger partial charge in [0.15, 0.2) is 0 Å². The van der Waals surface area contributed by atoms with E-state index in [9.17, 15) is 0 Å². The van der Waals surface area contributed by atoms with Crippen molar-refractivity contribution < 1.29 is 0 Å². The highest BCUT2D eigenvalue weighted by Gasteiger charge is 2.24. The summed E-state index contributed by atoms with van der Waals surface area (Å²) in [6.07, 6.45) is 4.82. The summed E-state index contributed by atoms with van der Waals surface area (Å²) in [4.78, 5) is 0. The number of thioether (sulfide) groups is 1. The fraction of sp³-hybridized carbons (Fsp3) is 0.571. The summed E-state index contributed by atoms with van der Waals surface area (Å²) in [5.41, 5.74) is 5.38. The van der Waals surface area contributed by atoms with Crippen LogP contribution in [0.25, 0.3) is 0 Å². The number of nitrogens with two attached hydrogens (primary N) is 1. The summed E-state index contributed by atoms with van der Waals surface area (Å²) in [6, 6.07) is 6.58. The zero-order valence-corrected chi connectivity index (χ0v) is 12.4. The fourth-order valence-electron chi connectivity index (χ4n) is 2.44. The minimum Gasteiger partial charge on any atom is -0.271 e. The third-order valence-electron chi connectivity index (χ3n) is 3.53. The van der Waals surface area contributed by atoms with Crippen molar-refractivity contribution in [2.45, 2.75) is 43.9 Å². The summed E-state index contributed by atoms with van der Waals surface area (Å²) in [6.45, 7) is 2.06. The van der Waals surface area contributed by atoms with Gasteiger partial charge in [0, 0.05) is 16.3 Å². The molecule has 0 aromatic heterocycles. The van der Waals surface area contributed by atoms with Crippen molar-refractivity contribution in [2.24, 2.45) is 5.84 Å². The lowest BCUT2D eigenvalue weighted by Gasteiger charge is -2.29. The standard InChI is InChI=1S/C14H21ClN2S/c1-10-5-6-11(12(15)8-10)9-13(17-16)14-4-2-3-7-18-14/h5-6,8,13-14,17H,2-4,7,9,16H2,1H3. The molecular formula is C14H21ClN2S. The van der Waals surface area contributed by atoms with E-state index < -0.39 is 0 Å². The van der Waals surface area contributed by atoms with Gasteiger partial charge in [0.25, 0.3) is 0 Å². The normalized spacial score (nSPS) is 21.8. The molecule has 0 spiro atoms. The highest BCUT2D eigenvalue weighted by molar-refractivity contribution is 8.00. The minimum atomic E-state index is 0.315. The van der Waals surface area contributed by atoms with Gasteiger partial charge in [-0.3, -0.25) is 11.3 Å². The fourth-order valence-corrected chi connectivity index (χ4v) is 4.16. The highest BCUT2D eigenvalue weighted by atomic mass is 35.5. The van der Waals surface area contributed by atoms with E-state index in [1.54, 1.807) is 0 Å². The molecule has 1 aliphatic rings. The van der Waals surface area contributed by atoms with E-state index in [-0.39, 0.29) is 0 Å². The van der Waals surface area contributed by atoms with Crippen LogP contribution < -0.4 is 11.3 Å². The number of nitrogens with one attached hydrogen (secondary N) is 1. The molecule has 18 heavy (non-hydrogen) atoms. The Labute approximate surface area is 119 Å². The maximum atomic E-state index is 6.29. The van der Waals surface area contributed by atoms with Crippen LogP contribution in [0.3, 0.4) is 0 Å². The van der Waals surface area contributed by atoms with E-state index in [0.29, 0.717) is 11.3 Å². The number of halogens is 1. The van der Waals surface area contributed by atoms with Crippen molar-refractivity contribution in [2.75, 3.05) is 5.75 Å². The Kier molecular flexibility index (Phi) is 5.37. The molecule has 100 valence electrons. The quantitative estimate of drug-likeness (QED) is 0.658. The Balaban J connectivity index is 2.04. The van der Waals surface area contributed by atoms with Gasteiger partial charge in [-0.25, -0.2) is 0 Å². The predicted octanol–water partition coefficient (Wildman–Crippen LogP) is 3.31. The van der Waals surface area contributed by atoms with Gasteiger partial charge in [0.1, 0.15) is 0 Å². The molecule has 2 unspecified atom stereocenters. The monoisotopic (exact) mass is 284 g/mol. The first-order chi connectivity index (χ1) is 8.70. The second-order valence-electron chi connectivity index (χ2n) is 4.98. The Hall–Kier alpha value is -0.220. The molecule has 1 aromatic carbocycles. The van der Waals surface area contributed by atoms with Crippen molar-refractivity contribution in [3.05, 3.63) is 34.3 Å². The van der Waals surface area contributed by atoms with Crippen molar-refractivity contribution in [1.82, 2.24) is 5.43 Å². The Morgan fingerprint density at radius 1 is 1.50 bits per heavy atom. The smallest absolute Gasteiger partial charge is 0.0441 e. The van der Waals surface area contributed by atoms with Crippen LogP contribution in [-0.4, -0.2) is 17.0 Å². The molecule has 1 heterocycles. The summed E-state index contributed by atoms with van der Waals surface area (Å²) in [7, 11) is 0. The number of hydrogen-bond donors (Lipinski definition) is 2. The van der Waals surface area contributed by atoms with Gasteiger partial charge < -0.3 is 0 Å². The average molecular weight is 285 g/mol. The van der Waals surface area contributed by atoms with Crippen molar-refractivity contribution in [3.8, 4) is 0 Å². The van der Waals surface area contributed by atoms with Gasteiger partial charge in [0.2, 0.25) is 0 Å². The zero-order valence-electron chi connectivity index (χ0n) is 10.8. The van der Waals surface area contributed by atoms with Gasteiger partial charge in [-0.15, -0.1) is 0 Å². The topological polar surface area (TPSA) is 38.0 Å². The van der Waals surface area contributed by atoms with Gasteiger partial charge in [0.05, 0.1) is 0 Å². The second kappa shape index (κ2) is 6.80. The van der Waals surface area contributed by atoms with Crippen LogP contribution in [0.15, 0.2) is 18.2 Å². The Morgan fingerprint density at radius 3 is 2.94 bits per heavy atom. The van der Waals surface area contributed by atoms with E-state index in [1.807, 2.05) is 17.8 Å². The summed E-state index contributed by atoms with van der Waals surface area (Å²) in [5.74, 6) is 6.98. The maximum absolute atomic E-state index is 6.29. The molecule has 0 aliphatic carbocycles. The number of rotatable bonds is 4. The second-order valence-corrected chi connectivity index (χ2v) is 6.73. The van der Waals surface area contributed by atoms with Crippen LogP contribution in [0.5, 0.6) is 0 Å². The van der Waals surface area contributed by atoms with Crippen LogP contribution in [0.2, 0.25) is 5.02 Å². The predicted molar refractivity (Wildman–Crippen MR) is 81.1 cm³/mol. The summed E-state index contributed by atoms with van der Waals surface area (Å²) >= 11 is 8.33. The largest absolute Gasteiger partial charge is 0.271 e. The Morgan fingerprint density at radius 2 is 2.33 bits per heavy atom. The lowest BCUT2D eigenvalue weighted by Crippen LogP contribution is -2.45. The molecular weight excluding hydrogens is 264 g/mol. The van der Waals surface area contributed by atoms with Gasteiger partial charge in [-0.05, 0) is 49.1 Å². The van der Waals surface area contributed by atoms with Crippen LogP contribution in [0.1, 0.15) is 30.4 Å². The first-order valence-electron chi connectivity index (χ1n) is 6.53. The third-order valence-corrected chi connectivity index (χ3v) is 5.39. The van der Waals surface area contributed by atoms with E-state index in [0.717, 1.165) is 11.4 Å². The number of hydrazine groups is 1. The number of hydrogen-bond acceptors (Lipinski definition) is 3. The Bertz CT molecular complexity index is 391. The first-order valence-corrected chi connectivity index (χ1v) is 7.96. The van der Waals surface area contributed by atoms with Gasteiger partial charge in [-0.2, -0.15) is 11.8 Å². The van der Waals surface area contributed by atoms with E-state index in [4.69, 9.17) is 17.4 Å². The molecule has 0 radical (unpaired) electrons. The van der Waals surface area contributed by atoms with Crippen LogP contribution in [-0.2, 0) is 6.42 Å². The zero-order chi connectivity index (χ0) is 13.0. The van der Waals surface area contributed by atoms with E-state index in [1.165, 1.54) is 36.1 Å². The summed E-state index contributed by atoms with van der Waals surface area (Å²) in [5, 5.41) is 1.47.